The zero-order chi connectivity index (χ0) is 14.9. The van der Waals surface area contributed by atoms with E-state index >= 15 is 0 Å². The normalized spacial score (nSPS) is 12.0. The van der Waals surface area contributed by atoms with Gasteiger partial charge in [0.25, 0.3) is 0 Å². The van der Waals surface area contributed by atoms with Crippen LogP contribution in [0.25, 0.3) is 0 Å². The molecule has 0 radical (unpaired) electrons. The molecule has 0 saturated heterocycles. The van der Waals surface area contributed by atoms with E-state index in [-0.39, 0.29) is 17.1 Å². The molecule has 0 amide bonds. The van der Waals surface area contributed by atoms with E-state index in [0.717, 1.165) is 16.7 Å². The number of benzene rings is 1. The van der Waals surface area contributed by atoms with E-state index in [4.69, 9.17) is 10.2 Å². The highest BCUT2D eigenvalue weighted by molar-refractivity contribution is 7.89. The first kappa shape index (κ1) is 14.6. The maximum Gasteiger partial charge on any atom is 0.245 e. The Hall–Kier alpha value is -1.79. The number of rotatable bonds is 4. The number of sulfonamides is 1. The van der Waals surface area contributed by atoms with E-state index in [1.54, 1.807) is 18.2 Å². The molecule has 0 atom stereocenters. The molecule has 0 bridgehead atoms. The molecule has 1 heterocycles. The van der Waals surface area contributed by atoms with Gasteiger partial charge in [-0.05, 0) is 43.2 Å². The van der Waals surface area contributed by atoms with E-state index in [2.05, 4.69) is 0 Å². The Morgan fingerprint density at radius 2 is 1.90 bits per heavy atom. The third-order valence-corrected chi connectivity index (χ3v) is 5.16. The fraction of sp³-hybridized carbons (Fsp3) is 0.286. The zero-order valence-corrected chi connectivity index (χ0v) is 12.6. The number of nitrogens with zero attached hydrogens (tertiary/aromatic N) is 1. The summed E-state index contributed by atoms with van der Waals surface area (Å²) >= 11 is 0. The lowest BCUT2D eigenvalue weighted by atomic mass is 10.1. The molecule has 0 aliphatic heterocycles. The van der Waals surface area contributed by atoms with E-state index < -0.39 is 10.0 Å². The SMILES string of the molecule is Cc1cc(N)c(S(=O)(=O)N(C)Cc2ccoc2)cc1C. The van der Waals surface area contributed by atoms with Gasteiger partial charge < -0.3 is 10.2 Å². The second kappa shape index (κ2) is 5.30. The van der Waals surface area contributed by atoms with Crippen LogP contribution in [0.3, 0.4) is 0 Å². The summed E-state index contributed by atoms with van der Waals surface area (Å²) in [4.78, 5) is 0.145. The van der Waals surface area contributed by atoms with Gasteiger partial charge in [-0.1, -0.05) is 0 Å². The van der Waals surface area contributed by atoms with Crippen molar-refractivity contribution in [3.63, 3.8) is 0 Å². The number of nitrogen functional groups attached to an aromatic ring is 1. The van der Waals surface area contributed by atoms with Crippen molar-refractivity contribution in [2.45, 2.75) is 25.3 Å². The van der Waals surface area contributed by atoms with Crippen molar-refractivity contribution in [2.75, 3.05) is 12.8 Å². The molecule has 0 aliphatic carbocycles. The Morgan fingerprint density at radius 3 is 2.50 bits per heavy atom. The maximum atomic E-state index is 12.6. The molecule has 0 unspecified atom stereocenters. The fourth-order valence-corrected chi connectivity index (χ4v) is 3.27. The Bertz CT molecular complexity index is 706. The first-order valence-electron chi connectivity index (χ1n) is 6.16. The van der Waals surface area contributed by atoms with E-state index in [9.17, 15) is 8.42 Å². The average Bonchev–Trinajstić information content (AvgIpc) is 2.86. The Labute approximate surface area is 119 Å². The molecule has 0 spiro atoms. The monoisotopic (exact) mass is 294 g/mol. The van der Waals surface area contributed by atoms with Crippen molar-refractivity contribution in [1.29, 1.82) is 0 Å². The lowest BCUT2D eigenvalue weighted by Crippen LogP contribution is -2.27. The molecule has 6 heteroatoms. The summed E-state index contributed by atoms with van der Waals surface area (Å²) in [5, 5.41) is 0. The Morgan fingerprint density at radius 1 is 1.25 bits per heavy atom. The van der Waals surface area contributed by atoms with E-state index in [0.29, 0.717) is 0 Å². The van der Waals surface area contributed by atoms with Crippen LogP contribution < -0.4 is 5.73 Å². The highest BCUT2D eigenvalue weighted by atomic mass is 32.2. The second-order valence-electron chi connectivity index (χ2n) is 4.87. The molecule has 0 aliphatic rings. The van der Waals surface area contributed by atoms with Crippen LogP contribution in [0.4, 0.5) is 5.69 Å². The average molecular weight is 294 g/mol. The van der Waals surface area contributed by atoms with Crippen molar-refractivity contribution in [3.05, 3.63) is 47.4 Å². The largest absolute Gasteiger partial charge is 0.472 e. The standard InChI is InChI=1S/C14H18N2O3S/c1-10-6-13(15)14(7-11(10)2)20(17,18)16(3)8-12-4-5-19-9-12/h4-7,9H,8,15H2,1-3H3. The highest BCUT2D eigenvalue weighted by Gasteiger charge is 2.24. The molecule has 108 valence electrons. The summed E-state index contributed by atoms with van der Waals surface area (Å²) in [6.45, 7) is 4.01. The highest BCUT2D eigenvalue weighted by Crippen LogP contribution is 2.26. The van der Waals surface area contributed by atoms with Gasteiger partial charge in [-0.3, -0.25) is 0 Å². The van der Waals surface area contributed by atoms with E-state index in [1.165, 1.54) is 23.9 Å². The van der Waals surface area contributed by atoms with Crippen molar-refractivity contribution in [2.24, 2.45) is 0 Å². The molecule has 1 aromatic carbocycles. The number of anilines is 1. The molecule has 2 aromatic rings. The van der Waals surface area contributed by atoms with Gasteiger partial charge in [-0.2, -0.15) is 4.31 Å². The minimum atomic E-state index is -3.62. The third-order valence-electron chi connectivity index (χ3n) is 3.30. The first-order valence-corrected chi connectivity index (χ1v) is 7.60. The van der Waals surface area contributed by atoms with Crippen molar-refractivity contribution < 1.29 is 12.8 Å². The molecule has 5 nitrogen and oxygen atoms in total. The van der Waals surface area contributed by atoms with Gasteiger partial charge in [0.15, 0.2) is 0 Å². The van der Waals surface area contributed by atoms with Crippen molar-refractivity contribution in [1.82, 2.24) is 4.31 Å². The molecule has 0 saturated carbocycles. The van der Waals surface area contributed by atoms with Gasteiger partial charge in [-0.15, -0.1) is 0 Å². The zero-order valence-electron chi connectivity index (χ0n) is 11.8. The summed E-state index contributed by atoms with van der Waals surface area (Å²) in [7, 11) is -2.09. The molecule has 2 N–H and O–H groups in total. The summed E-state index contributed by atoms with van der Waals surface area (Å²) in [6, 6.07) is 5.04. The van der Waals surface area contributed by atoms with Gasteiger partial charge >= 0.3 is 0 Å². The minimum Gasteiger partial charge on any atom is -0.472 e. The molecule has 0 fully saturated rings. The van der Waals surface area contributed by atoms with Crippen LogP contribution in [0.5, 0.6) is 0 Å². The predicted octanol–water partition coefficient (Wildman–Crippen LogP) is 2.30. The Balaban J connectivity index is 2.37. The number of hydrogen-bond donors (Lipinski definition) is 1. The summed E-state index contributed by atoms with van der Waals surface area (Å²) in [5.41, 5.74) is 8.79. The lowest BCUT2D eigenvalue weighted by Gasteiger charge is -2.18. The van der Waals surface area contributed by atoms with Gasteiger partial charge in [0.1, 0.15) is 4.90 Å². The molecule has 20 heavy (non-hydrogen) atoms. The van der Waals surface area contributed by atoms with Crippen LogP contribution in [0.15, 0.2) is 40.0 Å². The smallest absolute Gasteiger partial charge is 0.245 e. The van der Waals surface area contributed by atoms with Gasteiger partial charge in [0.2, 0.25) is 10.0 Å². The van der Waals surface area contributed by atoms with Crippen LogP contribution in [0.1, 0.15) is 16.7 Å². The van der Waals surface area contributed by atoms with Crippen molar-refractivity contribution >= 4 is 15.7 Å². The van der Waals surface area contributed by atoms with Crippen LogP contribution in [0.2, 0.25) is 0 Å². The quantitative estimate of drug-likeness (QED) is 0.878. The van der Waals surface area contributed by atoms with Crippen LogP contribution in [0, 0.1) is 13.8 Å². The molecule has 2 rings (SSSR count). The van der Waals surface area contributed by atoms with Gasteiger partial charge in [0.05, 0.1) is 18.2 Å². The number of aryl methyl sites for hydroxylation is 2. The first-order chi connectivity index (χ1) is 9.32. The number of hydrogen-bond acceptors (Lipinski definition) is 4. The summed E-state index contributed by atoms with van der Waals surface area (Å²) in [6.07, 6.45) is 3.04. The minimum absolute atomic E-state index is 0.145. The number of furan rings is 1. The topological polar surface area (TPSA) is 76.5 Å². The van der Waals surface area contributed by atoms with Crippen LogP contribution >= 0.6 is 0 Å². The van der Waals surface area contributed by atoms with Crippen LogP contribution in [-0.4, -0.2) is 19.8 Å². The van der Waals surface area contributed by atoms with Gasteiger partial charge in [-0.25, -0.2) is 8.42 Å². The number of nitrogens with two attached hydrogens (primary N) is 1. The second-order valence-corrected chi connectivity index (χ2v) is 6.88. The fourth-order valence-electron chi connectivity index (χ4n) is 1.93. The Kier molecular flexibility index (Phi) is 3.87. The van der Waals surface area contributed by atoms with Crippen molar-refractivity contribution in [3.8, 4) is 0 Å². The van der Waals surface area contributed by atoms with E-state index in [1.807, 2.05) is 13.8 Å². The molecular weight excluding hydrogens is 276 g/mol. The third kappa shape index (κ3) is 2.71. The predicted molar refractivity (Wildman–Crippen MR) is 77.7 cm³/mol. The lowest BCUT2D eigenvalue weighted by molar-refractivity contribution is 0.463. The summed E-state index contributed by atoms with van der Waals surface area (Å²) in [5.74, 6) is 0. The maximum absolute atomic E-state index is 12.6. The van der Waals surface area contributed by atoms with Crippen LogP contribution in [-0.2, 0) is 16.6 Å². The van der Waals surface area contributed by atoms with Gasteiger partial charge in [0, 0.05) is 19.2 Å². The molecule has 1 aromatic heterocycles. The summed E-state index contributed by atoms with van der Waals surface area (Å²) < 4.78 is 31.3. The molecular formula is C14H18N2O3S.